The summed E-state index contributed by atoms with van der Waals surface area (Å²) in [5, 5.41) is 4.35. The average Bonchev–Trinajstić information content (AvgIpc) is 3.38. The number of fused-ring (bicyclic) bond motifs is 4. The van der Waals surface area contributed by atoms with Gasteiger partial charge in [0.05, 0.1) is 24.0 Å². The van der Waals surface area contributed by atoms with Gasteiger partial charge in [-0.3, -0.25) is 9.78 Å². The number of hydrogen-bond donors (Lipinski definition) is 1. The summed E-state index contributed by atoms with van der Waals surface area (Å²) in [6, 6.07) is 7.02. The summed E-state index contributed by atoms with van der Waals surface area (Å²) >= 11 is 0. The van der Waals surface area contributed by atoms with Gasteiger partial charge < -0.3 is 23.9 Å². The fourth-order valence-corrected chi connectivity index (χ4v) is 5.22. The molecule has 0 saturated carbocycles. The van der Waals surface area contributed by atoms with Crippen LogP contribution < -0.4 is 15.6 Å². The zero-order valence-electron chi connectivity index (χ0n) is 19.5. The number of pyridine rings is 2. The molecule has 2 aliphatic heterocycles. The molecule has 6 rings (SSSR count). The van der Waals surface area contributed by atoms with Crippen molar-refractivity contribution in [2.24, 2.45) is 0 Å². The van der Waals surface area contributed by atoms with Gasteiger partial charge in [-0.1, -0.05) is 0 Å². The van der Waals surface area contributed by atoms with Crippen LogP contribution in [-0.4, -0.2) is 51.7 Å². The molecule has 1 N–H and O–H groups in total. The van der Waals surface area contributed by atoms with E-state index in [2.05, 4.69) is 26.3 Å². The second kappa shape index (κ2) is 9.39. The van der Waals surface area contributed by atoms with E-state index < -0.39 is 0 Å². The smallest absolute Gasteiger partial charge is 0.280 e. The molecule has 1 saturated heterocycles. The highest BCUT2D eigenvalue weighted by atomic mass is 19.1. The molecular weight excluding hydrogens is 449 g/mol. The fraction of sp³-hybridized carbons (Fsp3) is 0.423. The minimum atomic E-state index is -0.377. The van der Waals surface area contributed by atoms with Crippen LogP contribution in [0, 0.1) is 5.82 Å². The van der Waals surface area contributed by atoms with E-state index >= 15 is 0 Å². The number of aryl methyl sites for hydroxylation is 1. The van der Waals surface area contributed by atoms with Gasteiger partial charge in [0.25, 0.3) is 5.56 Å². The number of halogens is 1. The van der Waals surface area contributed by atoms with Crippen LogP contribution in [0.25, 0.3) is 22.0 Å². The SMILES string of the molecule is O=c1c2ncoc2c2ccc(F)cc2n1CCN1CCC(NCc2cc3c(cn2)OCCC3)CC1. The molecule has 5 heterocycles. The highest BCUT2D eigenvalue weighted by Crippen LogP contribution is 2.25. The maximum atomic E-state index is 14.0. The molecule has 2 aliphatic rings. The largest absolute Gasteiger partial charge is 0.492 e. The van der Waals surface area contributed by atoms with Crippen molar-refractivity contribution in [2.45, 2.75) is 44.8 Å². The molecule has 0 aliphatic carbocycles. The van der Waals surface area contributed by atoms with Crippen molar-refractivity contribution in [3.05, 3.63) is 64.3 Å². The standard InChI is InChI=1S/C26H28FN5O3/c27-18-3-4-21-22(13-18)32(26(33)24-25(21)35-16-30-24)10-9-31-7-5-19(6-8-31)28-14-20-12-17-2-1-11-34-23(17)15-29-20/h3-4,12-13,15-16,19,28H,1-2,5-11,14H2. The Balaban J connectivity index is 1.07. The van der Waals surface area contributed by atoms with Crippen LogP contribution in [0.5, 0.6) is 5.75 Å². The minimum absolute atomic E-state index is 0.244. The highest BCUT2D eigenvalue weighted by Gasteiger charge is 2.21. The third-order valence-corrected chi connectivity index (χ3v) is 7.16. The van der Waals surface area contributed by atoms with Gasteiger partial charge in [0.15, 0.2) is 17.5 Å². The van der Waals surface area contributed by atoms with Gasteiger partial charge in [-0.25, -0.2) is 9.37 Å². The van der Waals surface area contributed by atoms with Crippen molar-refractivity contribution < 1.29 is 13.5 Å². The Hall–Kier alpha value is -3.30. The Labute approximate surface area is 201 Å². The molecule has 0 spiro atoms. The second-order valence-electron chi connectivity index (χ2n) is 9.38. The number of benzene rings is 1. The number of piperidine rings is 1. The van der Waals surface area contributed by atoms with E-state index in [1.807, 2.05) is 6.20 Å². The van der Waals surface area contributed by atoms with Crippen LogP contribution in [0.4, 0.5) is 4.39 Å². The molecule has 1 aromatic carbocycles. The van der Waals surface area contributed by atoms with Crippen LogP contribution >= 0.6 is 0 Å². The molecule has 0 atom stereocenters. The van der Waals surface area contributed by atoms with Crippen molar-refractivity contribution >= 4 is 22.0 Å². The van der Waals surface area contributed by atoms with E-state index in [0.29, 0.717) is 35.6 Å². The molecule has 0 bridgehead atoms. The highest BCUT2D eigenvalue weighted by molar-refractivity contribution is 6.00. The summed E-state index contributed by atoms with van der Waals surface area (Å²) in [6.45, 7) is 4.60. The van der Waals surface area contributed by atoms with Crippen molar-refractivity contribution in [1.29, 1.82) is 0 Å². The molecule has 9 heteroatoms. The second-order valence-corrected chi connectivity index (χ2v) is 9.38. The summed E-state index contributed by atoms with van der Waals surface area (Å²) in [5.74, 6) is 0.544. The van der Waals surface area contributed by atoms with E-state index in [-0.39, 0.29) is 16.9 Å². The lowest BCUT2D eigenvalue weighted by atomic mass is 10.0. The van der Waals surface area contributed by atoms with Crippen molar-refractivity contribution in [1.82, 2.24) is 24.8 Å². The Morgan fingerprint density at radius 1 is 1.14 bits per heavy atom. The molecule has 1 fully saturated rings. The molecular formula is C26H28FN5O3. The summed E-state index contributed by atoms with van der Waals surface area (Å²) in [7, 11) is 0. The molecule has 4 aromatic rings. The van der Waals surface area contributed by atoms with Crippen LogP contribution in [0.3, 0.4) is 0 Å². The minimum Gasteiger partial charge on any atom is -0.492 e. The van der Waals surface area contributed by atoms with Gasteiger partial charge >= 0.3 is 0 Å². The van der Waals surface area contributed by atoms with Crippen LogP contribution in [0.2, 0.25) is 0 Å². The summed E-state index contributed by atoms with van der Waals surface area (Å²) in [4.78, 5) is 24.0. The monoisotopic (exact) mass is 477 g/mol. The molecule has 0 amide bonds. The van der Waals surface area contributed by atoms with Crippen molar-refractivity contribution in [3.8, 4) is 5.75 Å². The summed E-state index contributed by atoms with van der Waals surface area (Å²) in [5.41, 5.74) is 3.30. The maximum absolute atomic E-state index is 14.0. The molecule has 8 nitrogen and oxygen atoms in total. The molecule has 35 heavy (non-hydrogen) atoms. The number of hydrogen-bond acceptors (Lipinski definition) is 7. The predicted octanol–water partition coefficient (Wildman–Crippen LogP) is 3.26. The lowest BCUT2D eigenvalue weighted by Gasteiger charge is -2.32. The Morgan fingerprint density at radius 2 is 2.03 bits per heavy atom. The average molecular weight is 478 g/mol. The summed E-state index contributed by atoms with van der Waals surface area (Å²) in [6.07, 6.45) is 7.29. The quantitative estimate of drug-likeness (QED) is 0.456. The van der Waals surface area contributed by atoms with Gasteiger partial charge in [0.1, 0.15) is 11.6 Å². The van der Waals surface area contributed by atoms with Gasteiger partial charge in [0, 0.05) is 31.1 Å². The Morgan fingerprint density at radius 3 is 2.91 bits per heavy atom. The molecule has 182 valence electrons. The first-order valence-electron chi connectivity index (χ1n) is 12.3. The Bertz CT molecular complexity index is 1420. The zero-order chi connectivity index (χ0) is 23.8. The van der Waals surface area contributed by atoms with E-state index in [1.54, 1.807) is 10.6 Å². The third kappa shape index (κ3) is 4.41. The number of likely N-dealkylation sites (tertiary alicyclic amines) is 1. The number of oxazole rings is 1. The summed E-state index contributed by atoms with van der Waals surface area (Å²) < 4.78 is 26.7. The number of aromatic nitrogens is 3. The fourth-order valence-electron chi connectivity index (χ4n) is 5.22. The number of nitrogens with one attached hydrogen (secondary N) is 1. The van der Waals surface area contributed by atoms with Crippen LogP contribution in [0.15, 0.2) is 46.1 Å². The third-order valence-electron chi connectivity index (χ3n) is 7.16. The van der Waals surface area contributed by atoms with Crippen LogP contribution in [0.1, 0.15) is 30.5 Å². The number of ether oxygens (including phenoxy) is 1. The maximum Gasteiger partial charge on any atom is 0.280 e. The van der Waals surface area contributed by atoms with Gasteiger partial charge in [-0.2, -0.15) is 0 Å². The number of nitrogens with zero attached hydrogens (tertiary/aromatic N) is 4. The zero-order valence-corrected chi connectivity index (χ0v) is 19.5. The van der Waals surface area contributed by atoms with E-state index in [0.717, 1.165) is 63.4 Å². The Kier molecular flexibility index (Phi) is 5.95. The lowest BCUT2D eigenvalue weighted by Crippen LogP contribution is -2.43. The lowest BCUT2D eigenvalue weighted by molar-refractivity contribution is 0.191. The predicted molar refractivity (Wildman–Crippen MR) is 130 cm³/mol. The topological polar surface area (TPSA) is 85.4 Å². The first-order valence-corrected chi connectivity index (χ1v) is 12.3. The van der Waals surface area contributed by atoms with Gasteiger partial charge in [0.2, 0.25) is 0 Å². The molecule has 3 aromatic heterocycles. The van der Waals surface area contributed by atoms with Crippen molar-refractivity contribution in [2.75, 3.05) is 26.2 Å². The first-order chi connectivity index (χ1) is 17.2. The van der Waals surface area contributed by atoms with E-state index in [9.17, 15) is 9.18 Å². The molecule has 0 radical (unpaired) electrons. The normalized spacial score (nSPS) is 17.1. The van der Waals surface area contributed by atoms with Crippen molar-refractivity contribution in [3.63, 3.8) is 0 Å². The first kappa shape index (κ1) is 22.2. The van der Waals surface area contributed by atoms with E-state index in [1.165, 1.54) is 24.1 Å². The molecule has 0 unspecified atom stereocenters. The van der Waals surface area contributed by atoms with Gasteiger partial charge in [-0.05, 0) is 68.6 Å². The number of rotatable bonds is 6. The van der Waals surface area contributed by atoms with Gasteiger partial charge in [-0.15, -0.1) is 0 Å². The van der Waals surface area contributed by atoms with E-state index in [4.69, 9.17) is 9.15 Å². The van der Waals surface area contributed by atoms with Crippen LogP contribution in [-0.2, 0) is 19.5 Å².